The number of rotatable bonds is 3. The maximum atomic E-state index is 12.0. The van der Waals surface area contributed by atoms with Crippen LogP contribution in [0.3, 0.4) is 0 Å². The van der Waals surface area contributed by atoms with Gasteiger partial charge in [-0.15, -0.1) is 11.8 Å². The van der Waals surface area contributed by atoms with E-state index in [4.69, 9.17) is 11.6 Å². The maximum absolute atomic E-state index is 12.0. The highest BCUT2D eigenvalue weighted by molar-refractivity contribution is 7.99. The van der Waals surface area contributed by atoms with Gasteiger partial charge in [0.1, 0.15) is 0 Å². The zero-order valence-electron chi connectivity index (χ0n) is 10.2. The fraction of sp³-hybridized carbons (Fsp3) is 0.333. The molecule has 19 heavy (non-hydrogen) atoms. The monoisotopic (exact) mass is 300 g/mol. The van der Waals surface area contributed by atoms with Crippen LogP contribution in [0.5, 0.6) is 0 Å². The number of methoxy groups -OCH3 is 1. The summed E-state index contributed by atoms with van der Waals surface area (Å²) in [5.74, 6) is 0.763. The lowest BCUT2D eigenvalue weighted by atomic mass is 10.1. The van der Waals surface area contributed by atoms with Gasteiger partial charge in [-0.05, 0) is 18.2 Å². The third-order valence-corrected chi connectivity index (χ3v) is 3.85. The molecule has 1 heterocycles. The number of halogens is 1. The number of anilines is 1. The maximum Gasteiger partial charge on any atom is 0.340 e. The molecule has 0 saturated carbocycles. The van der Waals surface area contributed by atoms with Gasteiger partial charge in [0.25, 0.3) is 0 Å². The highest BCUT2D eigenvalue weighted by atomic mass is 35.5. The topological polar surface area (TPSA) is 67.4 Å². The standard InChI is InChI=1S/C12H13ClN2O3S/c1-18-12(17)8-4-7(13)2-3-9(8)15-11(16)10-5-19-6-14-10/h2-4,10,14H,5-6H2,1H3,(H,15,16). The molecule has 0 aliphatic carbocycles. The zero-order valence-corrected chi connectivity index (χ0v) is 11.8. The molecule has 1 aromatic rings. The number of thioether (sulfide) groups is 1. The van der Waals surface area contributed by atoms with Gasteiger partial charge in [-0.3, -0.25) is 10.1 Å². The Balaban J connectivity index is 2.19. The lowest BCUT2D eigenvalue weighted by Crippen LogP contribution is -2.37. The number of nitrogens with one attached hydrogen (secondary N) is 2. The zero-order chi connectivity index (χ0) is 13.8. The van der Waals surface area contributed by atoms with Gasteiger partial charge in [0.05, 0.1) is 24.4 Å². The lowest BCUT2D eigenvalue weighted by molar-refractivity contribution is -0.117. The van der Waals surface area contributed by atoms with Crippen molar-refractivity contribution in [1.29, 1.82) is 0 Å². The first-order chi connectivity index (χ1) is 9.11. The quantitative estimate of drug-likeness (QED) is 0.832. The summed E-state index contributed by atoms with van der Waals surface area (Å²) in [5.41, 5.74) is 0.647. The van der Waals surface area contributed by atoms with Gasteiger partial charge in [0.2, 0.25) is 5.91 Å². The average Bonchev–Trinajstić information content (AvgIpc) is 2.94. The summed E-state index contributed by atoms with van der Waals surface area (Å²) in [4.78, 5) is 23.6. The summed E-state index contributed by atoms with van der Waals surface area (Å²) < 4.78 is 4.67. The molecule has 1 aromatic carbocycles. The Morgan fingerprint density at radius 2 is 2.32 bits per heavy atom. The van der Waals surface area contributed by atoms with Crippen LogP contribution in [-0.2, 0) is 9.53 Å². The predicted octanol–water partition coefficient (Wildman–Crippen LogP) is 1.73. The average molecular weight is 301 g/mol. The van der Waals surface area contributed by atoms with Crippen molar-refractivity contribution in [2.75, 3.05) is 24.1 Å². The van der Waals surface area contributed by atoms with E-state index >= 15 is 0 Å². The molecule has 1 unspecified atom stereocenters. The van der Waals surface area contributed by atoms with Crippen molar-refractivity contribution in [2.45, 2.75) is 6.04 Å². The minimum Gasteiger partial charge on any atom is -0.465 e. The van der Waals surface area contributed by atoms with E-state index in [-0.39, 0.29) is 17.5 Å². The molecular weight excluding hydrogens is 288 g/mol. The van der Waals surface area contributed by atoms with Crippen LogP contribution in [0.25, 0.3) is 0 Å². The van der Waals surface area contributed by atoms with Crippen LogP contribution in [0, 0.1) is 0 Å². The molecule has 1 amide bonds. The second-order valence-corrected chi connectivity index (χ2v) is 5.41. The SMILES string of the molecule is COC(=O)c1cc(Cl)ccc1NC(=O)C1CSCN1. The number of hydrogen-bond donors (Lipinski definition) is 2. The minimum absolute atomic E-state index is 0.169. The predicted molar refractivity (Wildman–Crippen MR) is 75.7 cm³/mol. The fourth-order valence-corrected chi connectivity index (χ4v) is 2.80. The van der Waals surface area contributed by atoms with Gasteiger partial charge in [-0.25, -0.2) is 4.79 Å². The normalized spacial score (nSPS) is 18.1. The van der Waals surface area contributed by atoms with Gasteiger partial charge >= 0.3 is 5.97 Å². The van der Waals surface area contributed by atoms with Crippen molar-refractivity contribution in [3.8, 4) is 0 Å². The molecule has 1 saturated heterocycles. The molecule has 1 atom stereocenters. The Labute approximate surface area is 120 Å². The minimum atomic E-state index is -0.536. The Hall–Kier alpha value is -1.24. The highest BCUT2D eigenvalue weighted by Crippen LogP contribution is 2.22. The number of ether oxygens (including phenoxy) is 1. The van der Waals surface area contributed by atoms with E-state index in [9.17, 15) is 9.59 Å². The first kappa shape index (κ1) is 14.2. The van der Waals surface area contributed by atoms with E-state index in [0.717, 1.165) is 5.88 Å². The van der Waals surface area contributed by atoms with E-state index in [1.54, 1.807) is 23.9 Å². The second-order valence-electron chi connectivity index (χ2n) is 3.94. The van der Waals surface area contributed by atoms with E-state index < -0.39 is 5.97 Å². The Morgan fingerprint density at radius 1 is 1.53 bits per heavy atom. The number of hydrogen-bond acceptors (Lipinski definition) is 5. The number of esters is 1. The molecular formula is C12H13ClN2O3S. The van der Waals surface area contributed by atoms with Crippen molar-refractivity contribution in [3.05, 3.63) is 28.8 Å². The summed E-state index contributed by atoms with van der Waals surface area (Å²) in [6.45, 7) is 0. The molecule has 0 radical (unpaired) electrons. The molecule has 1 aliphatic heterocycles. The van der Waals surface area contributed by atoms with Crippen LogP contribution < -0.4 is 10.6 Å². The number of carbonyl (C=O) groups is 2. The Kier molecular flexibility index (Phi) is 4.68. The van der Waals surface area contributed by atoms with Crippen molar-refractivity contribution in [1.82, 2.24) is 5.32 Å². The second kappa shape index (κ2) is 6.27. The molecule has 0 bridgehead atoms. The summed E-state index contributed by atoms with van der Waals surface area (Å²) in [6, 6.07) is 4.43. The molecule has 0 aromatic heterocycles. The van der Waals surface area contributed by atoms with Crippen LogP contribution in [0.4, 0.5) is 5.69 Å². The fourth-order valence-electron chi connectivity index (χ4n) is 1.69. The van der Waals surface area contributed by atoms with Crippen molar-refractivity contribution < 1.29 is 14.3 Å². The first-order valence-corrected chi connectivity index (χ1v) is 7.15. The first-order valence-electron chi connectivity index (χ1n) is 5.61. The van der Waals surface area contributed by atoms with Crippen LogP contribution in [0.15, 0.2) is 18.2 Å². The summed E-state index contributed by atoms with van der Waals surface area (Å²) in [5, 5.41) is 6.19. The van der Waals surface area contributed by atoms with Gasteiger partial charge in [-0.1, -0.05) is 11.6 Å². The van der Waals surface area contributed by atoms with E-state index in [2.05, 4.69) is 15.4 Å². The van der Waals surface area contributed by atoms with Crippen LogP contribution >= 0.6 is 23.4 Å². The van der Waals surface area contributed by atoms with E-state index in [1.807, 2.05) is 0 Å². The number of carbonyl (C=O) groups excluding carboxylic acids is 2. The smallest absolute Gasteiger partial charge is 0.340 e. The third-order valence-electron chi connectivity index (χ3n) is 2.68. The van der Waals surface area contributed by atoms with E-state index in [1.165, 1.54) is 13.2 Å². The summed E-state index contributed by atoms with van der Waals surface area (Å²) >= 11 is 7.50. The van der Waals surface area contributed by atoms with Gasteiger partial charge in [0, 0.05) is 16.7 Å². The molecule has 102 valence electrons. The number of benzene rings is 1. The molecule has 1 aliphatic rings. The Morgan fingerprint density at radius 3 is 2.95 bits per heavy atom. The molecule has 0 spiro atoms. The third kappa shape index (κ3) is 3.40. The Bertz CT molecular complexity index is 504. The van der Waals surface area contributed by atoms with Gasteiger partial charge < -0.3 is 10.1 Å². The summed E-state index contributed by atoms with van der Waals surface area (Å²) in [7, 11) is 1.28. The van der Waals surface area contributed by atoms with Gasteiger partial charge in [-0.2, -0.15) is 0 Å². The molecule has 2 rings (SSSR count). The van der Waals surface area contributed by atoms with Gasteiger partial charge in [0.15, 0.2) is 0 Å². The molecule has 2 N–H and O–H groups in total. The molecule has 7 heteroatoms. The van der Waals surface area contributed by atoms with Crippen LogP contribution in [0.2, 0.25) is 5.02 Å². The molecule has 1 fully saturated rings. The lowest BCUT2D eigenvalue weighted by Gasteiger charge is -2.13. The highest BCUT2D eigenvalue weighted by Gasteiger charge is 2.24. The van der Waals surface area contributed by atoms with Crippen LogP contribution in [0.1, 0.15) is 10.4 Å². The van der Waals surface area contributed by atoms with Crippen molar-refractivity contribution in [2.24, 2.45) is 0 Å². The number of amides is 1. The van der Waals surface area contributed by atoms with Crippen molar-refractivity contribution in [3.63, 3.8) is 0 Å². The largest absolute Gasteiger partial charge is 0.465 e. The van der Waals surface area contributed by atoms with E-state index in [0.29, 0.717) is 16.5 Å². The van der Waals surface area contributed by atoms with Crippen molar-refractivity contribution >= 4 is 40.9 Å². The summed E-state index contributed by atoms with van der Waals surface area (Å²) in [6.07, 6.45) is 0. The van der Waals surface area contributed by atoms with Crippen LogP contribution in [-0.4, -0.2) is 36.7 Å². The molecule has 5 nitrogen and oxygen atoms in total.